The molecule has 0 aliphatic heterocycles. The molecule has 0 radical (unpaired) electrons. The van der Waals surface area contributed by atoms with Gasteiger partial charge in [-0.15, -0.1) is 0 Å². The van der Waals surface area contributed by atoms with Gasteiger partial charge in [0.1, 0.15) is 5.82 Å². The molecule has 0 aliphatic rings. The van der Waals surface area contributed by atoms with Crippen molar-refractivity contribution in [2.75, 3.05) is 0 Å². The van der Waals surface area contributed by atoms with E-state index in [1.807, 2.05) is 28.8 Å². The van der Waals surface area contributed by atoms with Gasteiger partial charge in [-0.05, 0) is 23.8 Å². The van der Waals surface area contributed by atoms with Gasteiger partial charge in [-0.3, -0.25) is 0 Å². The van der Waals surface area contributed by atoms with Crippen molar-refractivity contribution in [3.63, 3.8) is 0 Å². The molecule has 0 aliphatic carbocycles. The Morgan fingerprint density at radius 1 is 1.24 bits per heavy atom. The summed E-state index contributed by atoms with van der Waals surface area (Å²) in [5, 5.41) is 10.7. The molecular formula is C16H11ClFNO2. The summed E-state index contributed by atoms with van der Waals surface area (Å²) < 4.78 is 15.1. The molecule has 2 aromatic carbocycles. The van der Waals surface area contributed by atoms with Crippen molar-refractivity contribution in [1.82, 2.24) is 4.57 Å². The fraction of sp³-hybridized carbons (Fsp3) is 0.0625. The zero-order valence-electron chi connectivity index (χ0n) is 10.9. The van der Waals surface area contributed by atoms with Gasteiger partial charge in [-0.25, -0.2) is 9.18 Å². The van der Waals surface area contributed by atoms with Crippen LogP contribution in [0.5, 0.6) is 0 Å². The van der Waals surface area contributed by atoms with Crippen molar-refractivity contribution in [2.24, 2.45) is 0 Å². The molecule has 3 aromatic rings. The van der Waals surface area contributed by atoms with E-state index in [9.17, 15) is 14.3 Å². The van der Waals surface area contributed by atoms with Crippen molar-refractivity contribution in [3.8, 4) is 0 Å². The van der Waals surface area contributed by atoms with Gasteiger partial charge in [0, 0.05) is 23.6 Å². The SMILES string of the molecule is O=C(O)c1cc(F)ccc1Cn1cc(Cl)c2ccccc21. The molecule has 1 N–H and O–H groups in total. The zero-order chi connectivity index (χ0) is 15.0. The number of carboxylic acid groups (broad SMARTS) is 1. The second-order valence-corrected chi connectivity index (χ2v) is 5.14. The molecule has 3 rings (SSSR count). The predicted octanol–water partition coefficient (Wildman–Crippen LogP) is 4.18. The van der Waals surface area contributed by atoms with Crippen LogP contribution in [-0.4, -0.2) is 15.6 Å². The Balaban J connectivity index is 2.09. The molecule has 0 bridgehead atoms. The summed E-state index contributed by atoms with van der Waals surface area (Å²) in [6.45, 7) is 0.315. The average molecular weight is 304 g/mol. The van der Waals surface area contributed by atoms with Crippen molar-refractivity contribution < 1.29 is 14.3 Å². The maximum Gasteiger partial charge on any atom is 0.336 e. The number of carbonyl (C=O) groups is 1. The Bertz CT molecular complexity index is 841. The Morgan fingerprint density at radius 3 is 2.76 bits per heavy atom. The van der Waals surface area contributed by atoms with E-state index in [1.165, 1.54) is 12.1 Å². The number of aromatic carboxylic acids is 1. The highest BCUT2D eigenvalue weighted by atomic mass is 35.5. The first kappa shape index (κ1) is 13.6. The van der Waals surface area contributed by atoms with E-state index in [2.05, 4.69) is 0 Å². The van der Waals surface area contributed by atoms with Crippen LogP contribution in [0.3, 0.4) is 0 Å². The number of fused-ring (bicyclic) bond motifs is 1. The van der Waals surface area contributed by atoms with E-state index in [1.54, 1.807) is 6.20 Å². The lowest BCUT2D eigenvalue weighted by molar-refractivity contribution is 0.0695. The summed E-state index contributed by atoms with van der Waals surface area (Å²) in [6, 6.07) is 11.4. The first-order valence-electron chi connectivity index (χ1n) is 6.31. The quantitative estimate of drug-likeness (QED) is 0.788. The highest BCUT2D eigenvalue weighted by molar-refractivity contribution is 6.35. The Morgan fingerprint density at radius 2 is 2.00 bits per heavy atom. The smallest absolute Gasteiger partial charge is 0.336 e. The molecule has 0 saturated heterocycles. The van der Waals surface area contributed by atoms with E-state index in [-0.39, 0.29) is 5.56 Å². The number of benzene rings is 2. The van der Waals surface area contributed by atoms with Crippen LogP contribution in [0.25, 0.3) is 10.9 Å². The number of hydrogen-bond acceptors (Lipinski definition) is 1. The van der Waals surface area contributed by atoms with Crippen LogP contribution in [0.1, 0.15) is 15.9 Å². The van der Waals surface area contributed by atoms with Gasteiger partial charge in [0.05, 0.1) is 10.6 Å². The summed E-state index contributed by atoms with van der Waals surface area (Å²) in [5.41, 5.74) is 1.40. The van der Waals surface area contributed by atoms with Gasteiger partial charge < -0.3 is 9.67 Å². The number of aromatic nitrogens is 1. The summed E-state index contributed by atoms with van der Waals surface area (Å²) >= 11 is 6.17. The van der Waals surface area contributed by atoms with E-state index in [0.29, 0.717) is 17.1 Å². The van der Waals surface area contributed by atoms with Gasteiger partial charge in [-0.1, -0.05) is 35.9 Å². The van der Waals surface area contributed by atoms with Crippen LogP contribution >= 0.6 is 11.6 Å². The number of nitrogens with zero attached hydrogens (tertiary/aromatic N) is 1. The topological polar surface area (TPSA) is 42.2 Å². The van der Waals surface area contributed by atoms with Crippen molar-refractivity contribution in [3.05, 3.63) is 70.6 Å². The minimum Gasteiger partial charge on any atom is -0.478 e. The van der Waals surface area contributed by atoms with Gasteiger partial charge in [0.2, 0.25) is 0 Å². The lowest BCUT2D eigenvalue weighted by atomic mass is 10.1. The molecule has 5 heteroatoms. The lowest BCUT2D eigenvalue weighted by Crippen LogP contribution is -2.07. The van der Waals surface area contributed by atoms with E-state index in [4.69, 9.17) is 11.6 Å². The van der Waals surface area contributed by atoms with E-state index in [0.717, 1.165) is 17.0 Å². The standard InChI is InChI=1S/C16H11ClFNO2/c17-14-9-19(15-4-2-1-3-12(14)15)8-10-5-6-11(18)7-13(10)16(20)21/h1-7,9H,8H2,(H,20,21). The summed E-state index contributed by atoms with van der Waals surface area (Å²) in [4.78, 5) is 11.2. The Kier molecular flexibility index (Phi) is 3.39. The normalized spacial score (nSPS) is 11.0. The van der Waals surface area contributed by atoms with Crippen molar-refractivity contribution >= 4 is 28.5 Å². The summed E-state index contributed by atoms with van der Waals surface area (Å²) in [7, 11) is 0. The molecule has 3 nitrogen and oxygen atoms in total. The monoisotopic (exact) mass is 303 g/mol. The molecule has 0 unspecified atom stereocenters. The predicted molar refractivity (Wildman–Crippen MR) is 79.4 cm³/mol. The molecule has 0 spiro atoms. The average Bonchev–Trinajstić information content (AvgIpc) is 2.78. The minimum atomic E-state index is -1.15. The van der Waals surface area contributed by atoms with Gasteiger partial charge >= 0.3 is 5.97 Å². The van der Waals surface area contributed by atoms with Gasteiger partial charge in [0.25, 0.3) is 0 Å². The van der Waals surface area contributed by atoms with Crippen LogP contribution in [-0.2, 0) is 6.54 Å². The van der Waals surface area contributed by atoms with E-state index < -0.39 is 11.8 Å². The third kappa shape index (κ3) is 2.50. The summed E-state index contributed by atoms with van der Waals surface area (Å²) in [5.74, 6) is -1.71. The molecule has 0 saturated carbocycles. The number of halogens is 2. The van der Waals surface area contributed by atoms with Gasteiger partial charge in [-0.2, -0.15) is 0 Å². The molecule has 0 fully saturated rings. The minimum absolute atomic E-state index is 0.0381. The van der Waals surface area contributed by atoms with Crippen LogP contribution in [0.15, 0.2) is 48.7 Å². The molecule has 1 aromatic heterocycles. The molecule has 0 amide bonds. The first-order valence-corrected chi connectivity index (χ1v) is 6.69. The number of rotatable bonds is 3. The molecular weight excluding hydrogens is 293 g/mol. The fourth-order valence-electron chi connectivity index (χ4n) is 2.40. The second-order valence-electron chi connectivity index (χ2n) is 4.73. The van der Waals surface area contributed by atoms with Crippen molar-refractivity contribution in [2.45, 2.75) is 6.54 Å². The van der Waals surface area contributed by atoms with Gasteiger partial charge in [0.15, 0.2) is 0 Å². The maximum absolute atomic E-state index is 13.2. The number of para-hydroxylation sites is 1. The second kappa shape index (κ2) is 5.22. The first-order chi connectivity index (χ1) is 10.1. The maximum atomic E-state index is 13.2. The highest BCUT2D eigenvalue weighted by Gasteiger charge is 2.13. The fourth-order valence-corrected chi connectivity index (χ4v) is 2.68. The van der Waals surface area contributed by atoms with Crippen LogP contribution in [0.2, 0.25) is 5.02 Å². The molecule has 106 valence electrons. The Labute approximate surface area is 125 Å². The highest BCUT2D eigenvalue weighted by Crippen LogP contribution is 2.26. The number of hydrogen-bond donors (Lipinski definition) is 1. The largest absolute Gasteiger partial charge is 0.478 e. The molecule has 0 atom stereocenters. The third-order valence-electron chi connectivity index (χ3n) is 3.38. The van der Waals surface area contributed by atoms with Crippen LogP contribution < -0.4 is 0 Å². The summed E-state index contributed by atoms with van der Waals surface area (Å²) in [6.07, 6.45) is 1.75. The molecule has 1 heterocycles. The van der Waals surface area contributed by atoms with Crippen LogP contribution in [0, 0.1) is 5.82 Å². The number of carboxylic acids is 1. The van der Waals surface area contributed by atoms with Crippen molar-refractivity contribution in [1.29, 1.82) is 0 Å². The lowest BCUT2D eigenvalue weighted by Gasteiger charge is -2.09. The van der Waals surface area contributed by atoms with E-state index >= 15 is 0 Å². The Hall–Kier alpha value is -2.33. The third-order valence-corrected chi connectivity index (χ3v) is 3.68. The zero-order valence-corrected chi connectivity index (χ0v) is 11.6. The van der Waals surface area contributed by atoms with Crippen LogP contribution in [0.4, 0.5) is 4.39 Å². The molecule has 21 heavy (non-hydrogen) atoms.